The van der Waals surface area contributed by atoms with Crippen molar-refractivity contribution >= 4 is 22.6 Å². The first-order valence-corrected chi connectivity index (χ1v) is 9.13. The van der Waals surface area contributed by atoms with Gasteiger partial charge in [-0.2, -0.15) is 5.10 Å². The molecule has 0 saturated carbocycles. The molecule has 2 heterocycles. The standard InChI is InChI=1S/C22H22N4O/c1-3-26-19-7-5-4-6-17(19)13-20(26)18-14-21(25-24-18)23-22(27)12-16-10-8-15(2)9-11-16/h4-11,13-14H,3,12H2,1-2H3,(H2,23,24,25,27). The first-order chi connectivity index (χ1) is 13.1. The maximum Gasteiger partial charge on any atom is 0.229 e. The highest BCUT2D eigenvalue weighted by atomic mass is 16.1. The third-order valence-corrected chi connectivity index (χ3v) is 4.73. The molecule has 1 amide bonds. The van der Waals surface area contributed by atoms with Crippen LogP contribution in [-0.2, 0) is 17.8 Å². The van der Waals surface area contributed by atoms with E-state index in [-0.39, 0.29) is 5.91 Å². The molecule has 0 aliphatic rings. The number of fused-ring (bicyclic) bond motifs is 1. The number of aryl methyl sites for hydroxylation is 2. The second kappa shape index (κ2) is 7.11. The van der Waals surface area contributed by atoms with Crippen molar-refractivity contribution in [1.82, 2.24) is 14.8 Å². The molecule has 4 rings (SSSR count). The van der Waals surface area contributed by atoms with E-state index in [0.29, 0.717) is 12.2 Å². The number of H-pyrrole nitrogens is 1. The number of nitrogens with one attached hydrogen (secondary N) is 2. The van der Waals surface area contributed by atoms with Crippen molar-refractivity contribution in [2.24, 2.45) is 0 Å². The summed E-state index contributed by atoms with van der Waals surface area (Å²) < 4.78 is 2.24. The molecule has 5 heteroatoms. The summed E-state index contributed by atoms with van der Waals surface area (Å²) >= 11 is 0. The lowest BCUT2D eigenvalue weighted by Crippen LogP contribution is -2.14. The minimum absolute atomic E-state index is 0.0760. The zero-order valence-corrected chi connectivity index (χ0v) is 15.5. The van der Waals surface area contributed by atoms with Gasteiger partial charge < -0.3 is 9.88 Å². The van der Waals surface area contributed by atoms with E-state index in [1.165, 1.54) is 16.5 Å². The Morgan fingerprint density at radius 2 is 1.89 bits per heavy atom. The number of hydrogen-bond acceptors (Lipinski definition) is 2. The van der Waals surface area contributed by atoms with E-state index in [9.17, 15) is 4.79 Å². The Kier molecular flexibility index (Phi) is 4.50. The van der Waals surface area contributed by atoms with Gasteiger partial charge in [0.25, 0.3) is 0 Å². The largest absolute Gasteiger partial charge is 0.340 e. The Balaban J connectivity index is 1.53. The van der Waals surface area contributed by atoms with Gasteiger partial charge in [-0.05, 0) is 31.5 Å². The lowest BCUT2D eigenvalue weighted by Gasteiger charge is -2.05. The molecule has 0 aliphatic heterocycles. The van der Waals surface area contributed by atoms with Crippen LogP contribution in [0.15, 0.2) is 60.7 Å². The van der Waals surface area contributed by atoms with Gasteiger partial charge >= 0.3 is 0 Å². The molecule has 2 aromatic carbocycles. The van der Waals surface area contributed by atoms with Crippen LogP contribution in [0.5, 0.6) is 0 Å². The number of amides is 1. The molecular formula is C22H22N4O. The summed E-state index contributed by atoms with van der Waals surface area (Å²) in [6.07, 6.45) is 0.331. The van der Waals surface area contributed by atoms with Gasteiger partial charge in [0.15, 0.2) is 5.82 Å². The van der Waals surface area contributed by atoms with E-state index in [2.05, 4.69) is 45.2 Å². The quantitative estimate of drug-likeness (QED) is 0.550. The maximum absolute atomic E-state index is 12.3. The first-order valence-electron chi connectivity index (χ1n) is 9.13. The van der Waals surface area contributed by atoms with E-state index in [4.69, 9.17) is 0 Å². The van der Waals surface area contributed by atoms with Gasteiger partial charge in [-0.25, -0.2) is 0 Å². The van der Waals surface area contributed by atoms with E-state index < -0.39 is 0 Å². The summed E-state index contributed by atoms with van der Waals surface area (Å²) in [6.45, 7) is 5.01. The molecule has 0 bridgehead atoms. The first kappa shape index (κ1) is 17.1. The fourth-order valence-corrected chi connectivity index (χ4v) is 3.37. The summed E-state index contributed by atoms with van der Waals surface area (Å²) in [7, 11) is 0. The molecule has 0 spiro atoms. The molecular weight excluding hydrogens is 336 g/mol. The highest BCUT2D eigenvalue weighted by Gasteiger charge is 2.13. The van der Waals surface area contributed by atoms with Gasteiger partial charge in [0.1, 0.15) is 0 Å². The number of hydrogen-bond donors (Lipinski definition) is 2. The van der Waals surface area contributed by atoms with Crippen molar-refractivity contribution in [3.63, 3.8) is 0 Å². The zero-order valence-electron chi connectivity index (χ0n) is 15.5. The molecule has 136 valence electrons. The molecule has 0 fully saturated rings. The Morgan fingerprint density at radius 3 is 2.67 bits per heavy atom. The number of nitrogens with zero attached hydrogens (tertiary/aromatic N) is 2. The minimum Gasteiger partial charge on any atom is -0.340 e. The van der Waals surface area contributed by atoms with Crippen molar-refractivity contribution < 1.29 is 4.79 Å². The van der Waals surface area contributed by atoms with Crippen LogP contribution >= 0.6 is 0 Å². The van der Waals surface area contributed by atoms with E-state index in [1.54, 1.807) is 0 Å². The zero-order chi connectivity index (χ0) is 18.8. The van der Waals surface area contributed by atoms with Crippen molar-refractivity contribution in [2.45, 2.75) is 26.8 Å². The molecule has 4 aromatic rings. The van der Waals surface area contributed by atoms with Crippen LogP contribution in [0.2, 0.25) is 0 Å². The summed E-state index contributed by atoms with van der Waals surface area (Å²) in [5, 5.41) is 11.4. The van der Waals surface area contributed by atoms with Gasteiger partial charge in [0.05, 0.1) is 17.8 Å². The average Bonchev–Trinajstić information content (AvgIpc) is 3.27. The molecule has 0 unspecified atom stereocenters. The van der Waals surface area contributed by atoms with Gasteiger partial charge in [-0.15, -0.1) is 0 Å². The SMILES string of the molecule is CCn1c(-c2cc(NC(=O)Cc3ccc(C)cc3)n[nH]2)cc2ccccc21. The van der Waals surface area contributed by atoms with Crippen LogP contribution < -0.4 is 5.32 Å². The molecule has 27 heavy (non-hydrogen) atoms. The van der Waals surface area contributed by atoms with Gasteiger partial charge in [0, 0.05) is 23.5 Å². The second-order valence-electron chi connectivity index (χ2n) is 6.71. The molecule has 5 nitrogen and oxygen atoms in total. The Morgan fingerprint density at radius 1 is 1.11 bits per heavy atom. The van der Waals surface area contributed by atoms with Crippen molar-refractivity contribution in [2.75, 3.05) is 5.32 Å². The smallest absolute Gasteiger partial charge is 0.229 e. The number of aromatic amines is 1. The Hall–Kier alpha value is -3.34. The summed E-state index contributed by atoms with van der Waals surface area (Å²) in [5.41, 5.74) is 5.31. The fraction of sp³-hybridized carbons (Fsp3) is 0.182. The van der Waals surface area contributed by atoms with E-state index >= 15 is 0 Å². The molecule has 0 saturated heterocycles. The third kappa shape index (κ3) is 3.49. The van der Waals surface area contributed by atoms with Crippen molar-refractivity contribution in [3.8, 4) is 11.4 Å². The summed E-state index contributed by atoms with van der Waals surface area (Å²) in [5.74, 6) is 0.461. The molecule has 2 N–H and O–H groups in total. The Bertz CT molecular complexity index is 1090. The van der Waals surface area contributed by atoms with Crippen LogP contribution in [-0.4, -0.2) is 20.7 Å². The minimum atomic E-state index is -0.0760. The van der Waals surface area contributed by atoms with Crippen LogP contribution in [0.1, 0.15) is 18.1 Å². The number of para-hydroxylation sites is 1. The third-order valence-electron chi connectivity index (χ3n) is 4.73. The lowest BCUT2D eigenvalue weighted by atomic mass is 10.1. The molecule has 0 aliphatic carbocycles. The normalized spacial score (nSPS) is 11.0. The van der Waals surface area contributed by atoms with Gasteiger partial charge in [0.2, 0.25) is 5.91 Å². The number of aromatic nitrogens is 3. The number of benzene rings is 2. The number of carbonyl (C=O) groups excluding carboxylic acids is 1. The maximum atomic E-state index is 12.3. The monoisotopic (exact) mass is 358 g/mol. The predicted molar refractivity (Wildman–Crippen MR) is 109 cm³/mol. The second-order valence-corrected chi connectivity index (χ2v) is 6.71. The number of anilines is 1. The lowest BCUT2D eigenvalue weighted by molar-refractivity contribution is -0.115. The van der Waals surface area contributed by atoms with Gasteiger partial charge in [-0.1, -0.05) is 48.0 Å². The average molecular weight is 358 g/mol. The molecule has 0 atom stereocenters. The summed E-state index contributed by atoms with van der Waals surface area (Å²) in [6, 6.07) is 20.3. The van der Waals surface area contributed by atoms with Crippen molar-refractivity contribution in [1.29, 1.82) is 0 Å². The van der Waals surface area contributed by atoms with E-state index in [1.807, 2.05) is 49.4 Å². The van der Waals surface area contributed by atoms with Crippen LogP contribution in [0.25, 0.3) is 22.3 Å². The van der Waals surface area contributed by atoms with E-state index in [0.717, 1.165) is 23.5 Å². The van der Waals surface area contributed by atoms with Crippen LogP contribution in [0.4, 0.5) is 5.82 Å². The highest BCUT2D eigenvalue weighted by Crippen LogP contribution is 2.28. The topological polar surface area (TPSA) is 62.7 Å². The highest BCUT2D eigenvalue weighted by molar-refractivity contribution is 5.92. The molecule has 2 aromatic heterocycles. The van der Waals surface area contributed by atoms with Crippen LogP contribution in [0, 0.1) is 6.92 Å². The fourth-order valence-electron chi connectivity index (χ4n) is 3.37. The molecule has 0 radical (unpaired) electrons. The predicted octanol–water partition coefficient (Wildman–Crippen LogP) is 4.54. The number of rotatable bonds is 5. The van der Waals surface area contributed by atoms with Crippen LogP contribution in [0.3, 0.4) is 0 Å². The number of carbonyl (C=O) groups is 1. The van der Waals surface area contributed by atoms with Gasteiger partial charge in [-0.3, -0.25) is 9.89 Å². The summed E-state index contributed by atoms with van der Waals surface area (Å²) in [4.78, 5) is 12.3. The Labute approximate surface area is 158 Å². The van der Waals surface area contributed by atoms with Crippen molar-refractivity contribution in [3.05, 3.63) is 71.8 Å².